The lowest BCUT2D eigenvalue weighted by molar-refractivity contribution is 0.538. The maximum absolute atomic E-state index is 4.10. The molecule has 0 aliphatic carbocycles. The molecule has 5 nitrogen and oxygen atoms in total. The summed E-state index contributed by atoms with van der Waals surface area (Å²) in [6, 6.07) is 8.40. The van der Waals surface area contributed by atoms with Gasteiger partial charge >= 0.3 is 0 Å². The maximum Gasteiger partial charge on any atom is 0.170 e. The lowest BCUT2D eigenvalue weighted by Gasteiger charge is -2.08. The Morgan fingerprint density at radius 1 is 1.30 bits per heavy atom. The number of benzene rings is 1. The van der Waals surface area contributed by atoms with Gasteiger partial charge in [0.05, 0.1) is 12.2 Å². The molecular weight excluding hydrogens is 270 g/mol. The lowest BCUT2D eigenvalue weighted by Crippen LogP contribution is -2.21. The molecule has 0 amide bonds. The molecule has 0 bridgehead atoms. The summed E-state index contributed by atoms with van der Waals surface area (Å²) in [7, 11) is 0. The van der Waals surface area contributed by atoms with Crippen molar-refractivity contribution in [3.63, 3.8) is 0 Å². The van der Waals surface area contributed by atoms with Crippen molar-refractivity contribution >= 4 is 21.4 Å². The van der Waals surface area contributed by atoms with Crippen molar-refractivity contribution in [2.24, 2.45) is 5.92 Å². The molecule has 0 spiro atoms. The highest BCUT2D eigenvalue weighted by atomic mass is 32.1. The van der Waals surface area contributed by atoms with Gasteiger partial charge in [-0.2, -0.15) is 4.68 Å². The minimum absolute atomic E-state index is 0.612. The molecular formula is C14H17N5S. The van der Waals surface area contributed by atoms with E-state index in [-0.39, 0.29) is 0 Å². The van der Waals surface area contributed by atoms with Crippen molar-refractivity contribution in [1.29, 1.82) is 0 Å². The van der Waals surface area contributed by atoms with Gasteiger partial charge in [0.1, 0.15) is 0 Å². The SMILES string of the molecule is CC(C)CNCc1nnnn1-c1ccc2sccc2c1. The summed E-state index contributed by atoms with van der Waals surface area (Å²) in [6.07, 6.45) is 0. The smallest absolute Gasteiger partial charge is 0.170 e. The normalized spacial score (nSPS) is 11.6. The Bertz CT molecular complexity index is 700. The second-order valence-corrected chi connectivity index (χ2v) is 6.12. The van der Waals surface area contributed by atoms with Crippen LogP contribution in [0.5, 0.6) is 0 Å². The van der Waals surface area contributed by atoms with Gasteiger partial charge in [0, 0.05) is 4.70 Å². The largest absolute Gasteiger partial charge is 0.310 e. The molecule has 2 aromatic heterocycles. The van der Waals surface area contributed by atoms with Crippen LogP contribution < -0.4 is 5.32 Å². The first-order chi connectivity index (χ1) is 9.74. The van der Waals surface area contributed by atoms with Crippen LogP contribution in [0.1, 0.15) is 19.7 Å². The van der Waals surface area contributed by atoms with E-state index in [4.69, 9.17) is 0 Å². The summed E-state index contributed by atoms with van der Waals surface area (Å²) in [5.41, 5.74) is 1.00. The predicted octanol–water partition coefficient (Wildman–Crippen LogP) is 2.62. The van der Waals surface area contributed by atoms with E-state index in [9.17, 15) is 0 Å². The number of tetrazole rings is 1. The van der Waals surface area contributed by atoms with Gasteiger partial charge in [-0.3, -0.25) is 0 Å². The molecule has 104 valence electrons. The zero-order valence-electron chi connectivity index (χ0n) is 11.6. The molecule has 0 saturated heterocycles. The van der Waals surface area contributed by atoms with Crippen LogP contribution >= 0.6 is 11.3 Å². The predicted molar refractivity (Wildman–Crippen MR) is 81.1 cm³/mol. The van der Waals surface area contributed by atoms with E-state index in [1.54, 1.807) is 16.0 Å². The van der Waals surface area contributed by atoms with E-state index in [1.807, 2.05) is 0 Å². The third-order valence-corrected chi connectivity index (χ3v) is 3.95. The maximum atomic E-state index is 4.10. The second-order valence-electron chi connectivity index (χ2n) is 5.17. The lowest BCUT2D eigenvalue weighted by atomic mass is 10.2. The zero-order valence-corrected chi connectivity index (χ0v) is 12.4. The van der Waals surface area contributed by atoms with Crippen LogP contribution in [0.4, 0.5) is 0 Å². The Labute approximate surface area is 121 Å². The van der Waals surface area contributed by atoms with E-state index >= 15 is 0 Å². The zero-order chi connectivity index (χ0) is 13.9. The molecule has 3 rings (SSSR count). The van der Waals surface area contributed by atoms with Crippen molar-refractivity contribution in [2.45, 2.75) is 20.4 Å². The molecule has 0 radical (unpaired) electrons. The Morgan fingerprint density at radius 3 is 3.05 bits per heavy atom. The van der Waals surface area contributed by atoms with E-state index in [0.29, 0.717) is 12.5 Å². The minimum Gasteiger partial charge on any atom is -0.310 e. The van der Waals surface area contributed by atoms with Gasteiger partial charge in [0.2, 0.25) is 0 Å². The number of nitrogens with zero attached hydrogens (tertiary/aromatic N) is 4. The molecule has 0 saturated carbocycles. The molecule has 1 aromatic carbocycles. The number of hydrogen-bond acceptors (Lipinski definition) is 5. The minimum atomic E-state index is 0.612. The molecule has 0 aliphatic rings. The third-order valence-electron chi connectivity index (χ3n) is 3.05. The van der Waals surface area contributed by atoms with Crippen molar-refractivity contribution in [3.05, 3.63) is 35.5 Å². The average molecular weight is 287 g/mol. The molecule has 6 heteroatoms. The van der Waals surface area contributed by atoms with Crippen molar-refractivity contribution in [1.82, 2.24) is 25.5 Å². The Balaban J connectivity index is 1.84. The first-order valence-corrected chi connectivity index (χ1v) is 7.57. The summed E-state index contributed by atoms with van der Waals surface area (Å²) in [6.45, 7) is 5.99. The Hall–Kier alpha value is -1.79. The van der Waals surface area contributed by atoms with Crippen LogP contribution in [0.2, 0.25) is 0 Å². The second kappa shape index (κ2) is 5.68. The standard InChI is InChI=1S/C14H17N5S/c1-10(2)8-15-9-14-16-17-18-19(14)12-3-4-13-11(7-12)5-6-20-13/h3-7,10,15H,8-9H2,1-2H3. The first-order valence-electron chi connectivity index (χ1n) is 6.69. The summed E-state index contributed by atoms with van der Waals surface area (Å²) in [4.78, 5) is 0. The molecule has 1 N–H and O–H groups in total. The van der Waals surface area contributed by atoms with Crippen LogP contribution in [0.25, 0.3) is 15.8 Å². The van der Waals surface area contributed by atoms with Crippen LogP contribution in [0.3, 0.4) is 0 Å². The van der Waals surface area contributed by atoms with Gasteiger partial charge in [-0.05, 0) is 57.9 Å². The highest BCUT2D eigenvalue weighted by Gasteiger charge is 2.09. The van der Waals surface area contributed by atoms with E-state index in [0.717, 1.165) is 18.1 Å². The average Bonchev–Trinajstić information content (AvgIpc) is 3.05. The summed E-state index contributed by atoms with van der Waals surface area (Å²) in [5, 5.41) is 18.7. The number of hydrogen-bond donors (Lipinski definition) is 1. The van der Waals surface area contributed by atoms with E-state index in [2.05, 4.69) is 64.3 Å². The number of nitrogens with one attached hydrogen (secondary N) is 1. The van der Waals surface area contributed by atoms with Gasteiger partial charge in [0.15, 0.2) is 5.82 Å². The van der Waals surface area contributed by atoms with E-state index < -0.39 is 0 Å². The quantitative estimate of drug-likeness (QED) is 0.783. The third kappa shape index (κ3) is 2.71. The van der Waals surface area contributed by atoms with Gasteiger partial charge in [-0.25, -0.2) is 0 Å². The van der Waals surface area contributed by atoms with Gasteiger partial charge in [-0.1, -0.05) is 13.8 Å². The highest BCUT2D eigenvalue weighted by molar-refractivity contribution is 7.17. The van der Waals surface area contributed by atoms with Gasteiger partial charge in [0.25, 0.3) is 0 Å². The summed E-state index contributed by atoms with van der Waals surface area (Å²) in [5.74, 6) is 1.45. The Morgan fingerprint density at radius 2 is 2.20 bits per heavy atom. The molecule has 20 heavy (non-hydrogen) atoms. The number of fused-ring (bicyclic) bond motifs is 1. The molecule has 3 aromatic rings. The van der Waals surface area contributed by atoms with E-state index in [1.165, 1.54) is 10.1 Å². The van der Waals surface area contributed by atoms with Crippen molar-refractivity contribution in [3.8, 4) is 5.69 Å². The van der Waals surface area contributed by atoms with Gasteiger partial charge in [-0.15, -0.1) is 16.4 Å². The van der Waals surface area contributed by atoms with Crippen LogP contribution in [0.15, 0.2) is 29.6 Å². The number of aromatic nitrogens is 4. The monoisotopic (exact) mass is 287 g/mol. The summed E-state index contributed by atoms with van der Waals surface area (Å²) < 4.78 is 3.08. The summed E-state index contributed by atoms with van der Waals surface area (Å²) >= 11 is 1.74. The number of thiophene rings is 1. The molecule has 0 aliphatic heterocycles. The molecule has 0 atom stereocenters. The van der Waals surface area contributed by atoms with Crippen LogP contribution in [-0.4, -0.2) is 26.8 Å². The molecule has 0 fully saturated rings. The fourth-order valence-electron chi connectivity index (χ4n) is 2.07. The molecule has 0 unspecified atom stereocenters. The van der Waals surface area contributed by atoms with Crippen molar-refractivity contribution in [2.75, 3.05) is 6.54 Å². The van der Waals surface area contributed by atoms with Crippen LogP contribution in [-0.2, 0) is 6.54 Å². The van der Waals surface area contributed by atoms with Gasteiger partial charge < -0.3 is 5.32 Å². The van der Waals surface area contributed by atoms with Crippen molar-refractivity contribution < 1.29 is 0 Å². The van der Waals surface area contributed by atoms with Crippen LogP contribution in [0, 0.1) is 5.92 Å². The topological polar surface area (TPSA) is 55.6 Å². The number of rotatable bonds is 5. The first kappa shape index (κ1) is 13.2. The Kier molecular flexibility index (Phi) is 3.75. The fraction of sp³-hybridized carbons (Fsp3) is 0.357. The fourth-order valence-corrected chi connectivity index (χ4v) is 2.85. The highest BCUT2D eigenvalue weighted by Crippen LogP contribution is 2.23. The molecule has 2 heterocycles.